The van der Waals surface area contributed by atoms with Gasteiger partial charge >= 0.3 is 0 Å². The van der Waals surface area contributed by atoms with E-state index < -0.39 is 10.8 Å². The van der Waals surface area contributed by atoms with E-state index >= 15 is 0 Å². The number of benzene rings is 1. The number of hydrogen-bond donors (Lipinski definition) is 1. The minimum absolute atomic E-state index is 0.398. The van der Waals surface area contributed by atoms with Crippen molar-refractivity contribution >= 4 is 16.5 Å². The highest BCUT2D eigenvalue weighted by Gasteiger charge is 2.10. The number of pyridine rings is 1. The first-order valence-corrected chi connectivity index (χ1v) is 7.06. The third kappa shape index (κ3) is 2.76. The monoisotopic (exact) mass is 260 g/mol. The second-order valence-electron chi connectivity index (χ2n) is 4.25. The smallest absolute Gasteiger partial charge is 0.0706 e. The maximum absolute atomic E-state index is 12.3. The molecule has 0 aliphatic carbocycles. The zero-order valence-corrected chi connectivity index (χ0v) is 11.3. The summed E-state index contributed by atoms with van der Waals surface area (Å²) in [5.74, 6) is 0.398. The van der Waals surface area contributed by atoms with Gasteiger partial charge in [-0.15, -0.1) is 0 Å². The molecule has 0 fully saturated rings. The Bertz CT molecular complexity index is 596. The summed E-state index contributed by atoms with van der Waals surface area (Å²) in [6.07, 6.45) is 0. The van der Waals surface area contributed by atoms with Gasteiger partial charge in [0.1, 0.15) is 0 Å². The van der Waals surface area contributed by atoms with Crippen LogP contribution in [0.4, 0.5) is 5.69 Å². The SMILES string of the molecule is Cc1cccc(CS(=O)c2cccc(C)c2N)n1. The van der Waals surface area contributed by atoms with E-state index in [1.54, 1.807) is 0 Å². The van der Waals surface area contributed by atoms with Crippen LogP contribution in [-0.4, -0.2) is 9.19 Å². The molecule has 1 unspecified atom stereocenters. The molecule has 1 atom stereocenters. The van der Waals surface area contributed by atoms with Gasteiger partial charge in [-0.1, -0.05) is 18.2 Å². The van der Waals surface area contributed by atoms with E-state index in [-0.39, 0.29) is 0 Å². The van der Waals surface area contributed by atoms with Crippen LogP contribution < -0.4 is 5.73 Å². The number of hydrogen-bond acceptors (Lipinski definition) is 3. The third-order valence-corrected chi connectivity index (χ3v) is 4.16. The Hall–Kier alpha value is -1.68. The summed E-state index contributed by atoms with van der Waals surface area (Å²) < 4.78 is 12.3. The van der Waals surface area contributed by atoms with Crippen LogP contribution in [-0.2, 0) is 16.6 Å². The second-order valence-corrected chi connectivity index (χ2v) is 5.67. The molecular weight excluding hydrogens is 244 g/mol. The maximum atomic E-state index is 12.3. The number of nitrogen functional groups attached to an aromatic ring is 1. The van der Waals surface area contributed by atoms with Crippen LogP contribution in [0.15, 0.2) is 41.3 Å². The lowest BCUT2D eigenvalue weighted by Gasteiger charge is -2.08. The Morgan fingerprint density at radius 2 is 1.89 bits per heavy atom. The van der Waals surface area contributed by atoms with Gasteiger partial charge in [-0.05, 0) is 37.6 Å². The lowest BCUT2D eigenvalue weighted by Crippen LogP contribution is -2.03. The van der Waals surface area contributed by atoms with E-state index in [4.69, 9.17) is 5.73 Å². The molecule has 94 valence electrons. The molecule has 0 amide bonds. The molecule has 3 nitrogen and oxygen atoms in total. The van der Waals surface area contributed by atoms with Crippen molar-refractivity contribution in [3.8, 4) is 0 Å². The number of rotatable bonds is 3. The molecule has 1 heterocycles. The first kappa shape index (κ1) is 12.8. The van der Waals surface area contributed by atoms with Gasteiger partial charge in [-0.3, -0.25) is 9.19 Å². The van der Waals surface area contributed by atoms with Crippen LogP contribution >= 0.6 is 0 Å². The molecule has 2 N–H and O–H groups in total. The van der Waals surface area contributed by atoms with Gasteiger partial charge in [-0.2, -0.15) is 0 Å². The van der Waals surface area contributed by atoms with Crippen molar-refractivity contribution in [2.45, 2.75) is 24.5 Å². The zero-order valence-electron chi connectivity index (χ0n) is 10.5. The van der Waals surface area contributed by atoms with Crippen molar-refractivity contribution < 1.29 is 4.21 Å². The highest BCUT2D eigenvalue weighted by molar-refractivity contribution is 7.84. The standard InChI is InChI=1S/C14H16N2OS/c1-10-5-3-8-13(14(10)15)18(17)9-12-7-4-6-11(2)16-12/h3-8H,9,15H2,1-2H3. The van der Waals surface area contributed by atoms with Crippen LogP contribution in [0.3, 0.4) is 0 Å². The average molecular weight is 260 g/mol. The summed E-state index contributed by atoms with van der Waals surface area (Å²) in [7, 11) is -1.15. The number of nitrogens with zero attached hydrogens (tertiary/aromatic N) is 1. The highest BCUT2D eigenvalue weighted by Crippen LogP contribution is 2.21. The fourth-order valence-electron chi connectivity index (χ4n) is 1.74. The van der Waals surface area contributed by atoms with E-state index in [9.17, 15) is 4.21 Å². The topological polar surface area (TPSA) is 56.0 Å². The lowest BCUT2D eigenvalue weighted by molar-refractivity contribution is 0.682. The third-order valence-electron chi connectivity index (χ3n) is 2.75. The molecular formula is C14H16N2OS. The summed E-state index contributed by atoms with van der Waals surface area (Å²) in [6.45, 7) is 3.84. The summed E-state index contributed by atoms with van der Waals surface area (Å²) in [5.41, 5.74) is 9.28. The first-order chi connectivity index (χ1) is 8.58. The molecule has 2 aromatic rings. The van der Waals surface area contributed by atoms with E-state index in [2.05, 4.69) is 4.98 Å². The molecule has 0 bridgehead atoms. The number of anilines is 1. The molecule has 0 aliphatic rings. The number of nitrogens with two attached hydrogens (primary N) is 1. The molecule has 2 rings (SSSR count). The molecule has 0 saturated heterocycles. The predicted octanol–water partition coefficient (Wildman–Crippen LogP) is 2.59. The average Bonchev–Trinajstić information content (AvgIpc) is 2.32. The Labute approximate surface area is 110 Å². The van der Waals surface area contributed by atoms with E-state index in [1.165, 1.54) is 0 Å². The lowest BCUT2D eigenvalue weighted by atomic mass is 10.2. The highest BCUT2D eigenvalue weighted by atomic mass is 32.2. The molecule has 4 heteroatoms. The Morgan fingerprint density at radius 3 is 2.61 bits per heavy atom. The summed E-state index contributed by atoms with van der Waals surface area (Å²) >= 11 is 0. The van der Waals surface area contributed by atoms with E-state index in [0.717, 1.165) is 17.0 Å². The Morgan fingerprint density at radius 1 is 1.17 bits per heavy atom. The zero-order chi connectivity index (χ0) is 13.1. The number of aromatic nitrogens is 1. The van der Waals surface area contributed by atoms with Gasteiger partial charge in [0.2, 0.25) is 0 Å². The summed E-state index contributed by atoms with van der Waals surface area (Å²) in [4.78, 5) is 5.05. The summed E-state index contributed by atoms with van der Waals surface area (Å²) in [5, 5.41) is 0. The number of aryl methyl sites for hydroxylation is 2. The van der Waals surface area contributed by atoms with Gasteiger partial charge in [0, 0.05) is 5.69 Å². The Balaban J connectivity index is 2.25. The van der Waals surface area contributed by atoms with Gasteiger partial charge in [0.15, 0.2) is 0 Å². The fraction of sp³-hybridized carbons (Fsp3) is 0.214. The van der Waals surface area contributed by atoms with Crippen LogP contribution in [0.2, 0.25) is 0 Å². The molecule has 0 spiro atoms. The predicted molar refractivity (Wildman–Crippen MR) is 74.7 cm³/mol. The van der Waals surface area contributed by atoms with E-state index in [1.807, 2.05) is 50.2 Å². The molecule has 0 radical (unpaired) electrons. The molecule has 1 aromatic heterocycles. The molecule has 1 aromatic carbocycles. The van der Waals surface area contributed by atoms with Crippen molar-refractivity contribution in [2.24, 2.45) is 0 Å². The maximum Gasteiger partial charge on any atom is 0.0706 e. The molecule has 0 saturated carbocycles. The van der Waals surface area contributed by atoms with Gasteiger partial charge < -0.3 is 5.73 Å². The van der Waals surface area contributed by atoms with Crippen LogP contribution in [0.25, 0.3) is 0 Å². The van der Waals surface area contributed by atoms with Crippen LogP contribution in [0.1, 0.15) is 17.0 Å². The van der Waals surface area contributed by atoms with Crippen molar-refractivity contribution in [3.63, 3.8) is 0 Å². The minimum atomic E-state index is -1.15. The normalized spacial score (nSPS) is 12.3. The van der Waals surface area contributed by atoms with Crippen molar-refractivity contribution in [1.82, 2.24) is 4.98 Å². The van der Waals surface area contributed by atoms with Gasteiger partial charge in [0.05, 0.1) is 32.8 Å². The van der Waals surface area contributed by atoms with Gasteiger partial charge in [-0.25, -0.2) is 0 Å². The van der Waals surface area contributed by atoms with E-state index in [0.29, 0.717) is 16.3 Å². The molecule has 0 aliphatic heterocycles. The van der Waals surface area contributed by atoms with Gasteiger partial charge in [0.25, 0.3) is 0 Å². The Kier molecular flexibility index (Phi) is 3.77. The first-order valence-electron chi connectivity index (χ1n) is 5.74. The van der Waals surface area contributed by atoms with Crippen molar-refractivity contribution in [3.05, 3.63) is 53.3 Å². The molecule has 18 heavy (non-hydrogen) atoms. The largest absolute Gasteiger partial charge is 0.398 e. The van der Waals surface area contributed by atoms with Crippen molar-refractivity contribution in [2.75, 3.05) is 5.73 Å². The summed E-state index contributed by atoms with van der Waals surface area (Å²) in [6, 6.07) is 11.3. The fourth-order valence-corrected chi connectivity index (χ4v) is 2.97. The van der Waals surface area contributed by atoms with Crippen LogP contribution in [0.5, 0.6) is 0 Å². The second kappa shape index (κ2) is 5.31. The minimum Gasteiger partial charge on any atom is -0.398 e. The quantitative estimate of drug-likeness (QED) is 0.863. The van der Waals surface area contributed by atoms with Crippen LogP contribution in [0, 0.1) is 13.8 Å². The number of para-hydroxylation sites is 1. The van der Waals surface area contributed by atoms with Crippen molar-refractivity contribution in [1.29, 1.82) is 0 Å².